The fourth-order valence-electron chi connectivity index (χ4n) is 3.17. The van der Waals surface area contributed by atoms with Crippen LogP contribution in [0, 0.1) is 5.82 Å². The van der Waals surface area contributed by atoms with Crippen LogP contribution in [0.3, 0.4) is 0 Å². The number of imidazole rings is 1. The van der Waals surface area contributed by atoms with Gasteiger partial charge in [-0.3, -0.25) is 9.59 Å². The van der Waals surface area contributed by atoms with E-state index in [0.717, 1.165) is 6.07 Å². The highest BCUT2D eigenvalue weighted by molar-refractivity contribution is 6.30. The molecule has 1 atom stereocenters. The van der Waals surface area contributed by atoms with Crippen LogP contribution in [0.2, 0.25) is 5.02 Å². The molecule has 1 aliphatic heterocycles. The van der Waals surface area contributed by atoms with E-state index in [0.29, 0.717) is 22.4 Å². The summed E-state index contributed by atoms with van der Waals surface area (Å²) in [5, 5.41) is 13.3. The monoisotopic (exact) mass is 403 g/mol. The Labute approximate surface area is 163 Å². The summed E-state index contributed by atoms with van der Waals surface area (Å²) in [4.78, 5) is 37.6. The summed E-state index contributed by atoms with van der Waals surface area (Å²) in [5.74, 6) is -2.15. The summed E-state index contributed by atoms with van der Waals surface area (Å²) in [6, 6.07) is 5.49. The highest BCUT2D eigenvalue weighted by atomic mass is 35.5. The van der Waals surface area contributed by atoms with Gasteiger partial charge in [0.15, 0.2) is 5.65 Å². The number of carbonyl (C=O) groups is 2. The molecule has 1 fully saturated rings. The number of aromatic amines is 1. The first kappa shape index (κ1) is 18.3. The van der Waals surface area contributed by atoms with Crippen LogP contribution in [-0.2, 0) is 16.1 Å². The molecule has 0 spiro atoms. The zero-order valence-electron chi connectivity index (χ0n) is 14.4. The van der Waals surface area contributed by atoms with Crippen molar-refractivity contribution in [2.24, 2.45) is 0 Å². The number of H-pyrrole nitrogens is 1. The van der Waals surface area contributed by atoms with Crippen molar-refractivity contribution in [2.75, 3.05) is 11.4 Å². The molecule has 2 aromatic heterocycles. The van der Waals surface area contributed by atoms with E-state index in [1.165, 1.54) is 29.6 Å². The molecule has 28 heavy (non-hydrogen) atoms. The van der Waals surface area contributed by atoms with E-state index < -0.39 is 23.2 Å². The van der Waals surface area contributed by atoms with E-state index in [2.05, 4.69) is 20.3 Å². The summed E-state index contributed by atoms with van der Waals surface area (Å²) < 4.78 is 13.4. The second-order valence-corrected chi connectivity index (χ2v) is 6.93. The van der Waals surface area contributed by atoms with Gasteiger partial charge in [-0.15, -0.1) is 0 Å². The van der Waals surface area contributed by atoms with E-state index in [-0.39, 0.29) is 24.5 Å². The third-order valence-electron chi connectivity index (χ3n) is 4.62. The molecule has 10 heteroatoms. The van der Waals surface area contributed by atoms with Crippen LogP contribution in [0.1, 0.15) is 12.0 Å². The van der Waals surface area contributed by atoms with Gasteiger partial charge in [0.1, 0.15) is 11.3 Å². The topological polar surface area (TPSA) is 111 Å². The van der Waals surface area contributed by atoms with Gasteiger partial charge in [-0.1, -0.05) is 11.6 Å². The zero-order chi connectivity index (χ0) is 19.9. The smallest absolute Gasteiger partial charge is 0.268 e. The van der Waals surface area contributed by atoms with Gasteiger partial charge < -0.3 is 20.3 Å². The standard InChI is InChI=1S/C18H15ClFN5O3/c19-11-3-10(4-12(20)5-11)7-22-16(26)18(28)1-2-25(17(18)27)13-6-14-15(21-8-13)24-9-23-14/h3-6,8-9,28H,1-2,7H2,(H,22,26)(H,21,23,24)/t18-/m1/s1. The highest BCUT2D eigenvalue weighted by Crippen LogP contribution is 2.29. The quantitative estimate of drug-likeness (QED) is 0.572. The van der Waals surface area contributed by atoms with Crippen LogP contribution in [0.4, 0.5) is 10.1 Å². The second kappa shape index (κ2) is 6.84. The minimum absolute atomic E-state index is 0.0767. The fourth-order valence-corrected chi connectivity index (χ4v) is 3.41. The summed E-state index contributed by atoms with van der Waals surface area (Å²) in [6.07, 6.45) is 2.87. The molecule has 8 nitrogen and oxygen atoms in total. The molecular weight excluding hydrogens is 389 g/mol. The summed E-state index contributed by atoms with van der Waals surface area (Å²) in [5.41, 5.74) is -0.231. The Morgan fingerprint density at radius 2 is 2.18 bits per heavy atom. The van der Waals surface area contributed by atoms with Crippen molar-refractivity contribution in [2.45, 2.75) is 18.6 Å². The van der Waals surface area contributed by atoms with Crippen molar-refractivity contribution in [3.05, 3.63) is 53.2 Å². The predicted molar refractivity (Wildman–Crippen MR) is 99.1 cm³/mol. The van der Waals surface area contributed by atoms with Crippen molar-refractivity contribution in [3.8, 4) is 0 Å². The van der Waals surface area contributed by atoms with Gasteiger partial charge in [0.25, 0.3) is 11.8 Å². The summed E-state index contributed by atoms with van der Waals surface area (Å²) in [6.45, 7) is 0.0683. The van der Waals surface area contributed by atoms with Crippen LogP contribution >= 0.6 is 11.6 Å². The van der Waals surface area contributed by atoms with Crippen molar-refractivity contribution in [1.29, 1.82) is 0 Å². The molecule has 1 aromatic carbocycles. The first-order valence-corrected chi connectivity index (χ1v) is 8.81. The van der Waals surface area contributed by atoms with Crippen molar-refractivity contribution < 1.29 is 19.1 Å². The molecule has 0 bridgehead atoms. The largest absolute Gasteiger partial charge is 0.372 e. The Balaban J connectivity index is 1.49. The van der Waals surface area contributed by atoms with Gasteiger partial charge in [-0.2, -0.15) is 0 Å². The van der Waals surface area contributed by atoms with Crippen molar-refractivity contribution in [1.82, 2.24) is 20.3 Å². The van der Waals surface area contributed by atoms with E-state index >= 15 is 0 Å². The maximum Gasteiger partial charge on any atom is 0.268 e. The lowest BCUT2D eigenvalue weighted by atomic mass is 10.0. The van der Waals surface area contributed by atoms with Gasteiger partial charge in [-0.05, 0) is 29.8 Å². The van der Waals surface area contributed by atoms with Gasteiger partial charge in [0.05, 0.1) is 18.2 Å². The molecule has 1 saturated heterocycles. The Morgan fingerprint density at radius 3 is 2.96 bits per heavy atom. The molecule has 3 N–H and O–H groups in total. The molecule has 2 amide bonds. The van der Waals surface area contributed by atoms with Crippen LogP contribution in [0.25, 0.3) is 11.2 Å². The molecule has 3 heterocycles. The third-order valence-corrected chi connectivity index (χ3v) is 4.84. The Morgan fingerprint density at radius 1 is 1.36 bits per heavy atom. The zero-order valence-corrected chi connectivity index (χ0v) is 15.2. The fraction of sp³-hybridized carbons (Fsp3) is 0.222. The number of fused-ring (bicyclic) bond motifs is 1. The lowest BCUT2D eigenvalue weighted by Gasteiger charge is -2.21. The number of hydrogen-bond acceptors (Lipinski definition) is 5. The van der Waals surface area contributed by atoms with E-state index in [9.17, 15) is 19.1 Å². The molecular formula is C18H15ClFN5O3. The lowest BCUT2D eigenvalue weighted by molar-refractivity contribution is -0.149. The minimum Gasteiger partial charge on any atom is -0.372 e. The van der Waals surface area contributed by atoms with Crippen LogP contribution in [-0.4, -0.2) is 44.0 Å². The molecule has 4 rings (SSSR count). The predicted octanol–water partition coefficient (Wildman–Crippen LogP) is 1.53. The summed E-state index contributed by atoms with van der Waals surface area (Å²) >= 11 is 5.79. The molecule has 0 unspecified atom stereocenters. The van der Waals surface area contributed by atoms with E-state index in [1.54, 1.807) is 6.07 Å². The molecule has 1 aliphatic rings. The number of aromatic nitrogens is 3. The average molecular weight is 404 g/mol. The molecule has 144 valence electrons. The first-order chi connectivity index (χ1) is 13.4. The molecule has 3 aromatic rings. The lowest BCUT2D eigenvalue weighted by Crippen LogP contribution is -2.52. The Bertz CT molecular complexity index is 1070. The Kier molecular flexibility index (Phi) is 4.48. The number of aliphatic hydroxyl groups is 1. The van der Waals surface area contributed by atoms with Crippen molar-refractivity contribution >= 4 is 40.3 Å². The van der Waals surface area contributed by atoms with Crippen LogP contribution < -0.4 is 10.2 Å². The van der Waals surface area contributed by atoms with Gasteiger partial charge in [-0.25, -0.2) is 14.4 Å². The van der Waals surface area contributed by atoms with Crippen molar-refractivity contribution in [3.63, 3.8) is 0 Å². The number of carbonyl (C=O) groups excluding carboxylic acids is 2. The van der Waals surface area contributed by atoms with Gasteiger partial charge in [0.2, 0.25) is 5.60 Å². The number of pyridine rings is 1. The number of benzene rings is 1. The number of halogens is 2. The molecule has 0 saturated carbocycles. The average Bonchev–Trinajstić information content (AvgIpc) is 3.24. The minimum atomic E-state index is -2.21. The molecule has 0 aliphatic carbocycles. The number of rotatable bonds is 4. The molecule has 0 radical (unpaired) electrons. The SMILES string of the molecule is O=C(NCc1cc(F)cc(Cl)c1)[C@]1(O)CCN(c2cnc3[nH]cnc3c2)C1=O. The Hall–Kier alpha value is -3.04. The van der Waals surface area contributed by atoms with Gasteiger partial charge in [0, 0.05) is 24.5 Å². The second-order valence-electron chi connectivity index (χ2n) is 6.49. The summed E-state index contributed by atoms with van der Waals surface area (Å²) in [7, 11) is 0. The third kappa shape index (κ3) is 3.19. The number of nitrogens with one attached hydrogen (secondary N) is 2. The van der Waals surface area contributed by atoms with Gasteiger partial charge >= 0.3 is 0 Å². The van der Waals surface area contributed by atoms with Crippen LogP contribution in [0.5, 0.6) is 0 Å². The number of hydrogen-bond donors (Lipinski definition) is 3. The number of nitrogens with zero attached hydrogens (tertiary/aromatic N) is 3. The number of amides is 2. The first-order valence-electron chi connectivity index (χ1n) is 8.43. The maximum absolute atomic E-state index is 13.4. The maximum atomic E-state index is 13.4. The highest BCUT2D eigenvalue weighted by Gasteiger charge is 2.51. The van der Waals surface area contributed by atoms with E-state index in [1.807, 2.05) is 0 Å². The van der Waals surface area contributed by atoms with E-state index in [4.69, 9.17) is 11.6 Å². The normalized spacial score (nSPS) is 19.4. The van der Waals surface area contributed by atoms with Crippen LogP contribution in [0.15, 0.2) is 36.8 Å². The number of anilines is 1.